The van der Waals surface area contributed by atoms with Crippen molar-refractivity contribution >= 4 is 5.95 Å². The van der Waals surface area contributed by atoms with Gasteiger partial charge in [0.25, 0.3) is 0 Å². The maximum Gasteiger partial charge on any atom is 0.242 e. The van der Waals surface area contributed by atoms with E-state index in [4.69, 9.17) is 10.4 Å². The molecule has 3 rings (SSSR count). The Morgan fingerprint density at radius 2 is 1.48 bits per heavy atom. The first-order chi connectivity index (χ1) is 11.1. The third kappa shape index (κ3) is 3.43. The van der Waals surface area contributed by atoms with Crippen LogP contribution in [0.25, 0.3) is 22.5 Å². The van der Waals surface area contributed by atoms with Gasteiger partial charge in [-0.2, -0.15) is 0 Å². The Labute approximate surface area is 132 Å². The van der Waals surface area contributed by atoms with E-state index in [-0.39, 0.29) is 17.0 Å². The number of phenolic OH excluding ortho intramolecular Hbond substituents is 1. The fourth-order valence-electron chi connectivity index (χ4n) is 2.17. The van der Waals surface area contributed by atoms with Crippen molar-refractivity contribution in [3.8, 4) is 28.3 Å². The molecular weight excluding hydrogens is 296 g/mol. The molecule has 116 valence electrons. The maximum absolute atomic E-state index is 10.0. The molecule has 0 saturated heterocycles. The fourth-order valence-corrected chi connectivity index (χ4v) is 2.17. The molecule has 0 radical (unpaired) electrons. The van der Waals surface area contributed by atoms with Crippen molar-refractivity contribution in [3.63, 3.8) is 0 Å². The van der Waals surface area contributed by atoms with E-state index >= 15 is 0 Å². The van der Waals surface area contributed by atoms with Gasteiger partial charge in [-0.1, -0.05) is 42.5 Å². The number of aromatic hydroxyl groups is 1. The highest BCUT2D eigenvalue weighted by molar-refractivity contribution is 5.72. The second-order valence-corrected chi connectivity index (χ2v) is 4.75. The van der Waals surface area contributed by atoms with E-state index in [1.54, 1.807) is 30.3 Å². The number of hydrogen-bond acceptors (Lipinski definition) is 7. The van der Waals surface area contributed by atoms with Gasteiger partial charge in [-0.25, -0.2) is 15.4 Å². The molecule has 1 aromatic heterocycles. The Morgan fingerprint density at radius 1 is 0.826 bits per heavy atom. The van der Waals surface area contributed by atoms with E-state index in [0.29, 0.717) is 17.0 Å². The number of anilines is 1. The zero-order valence-electron chi connectivity index (χ0n) is 12.0. The minimum Gasteiger partial charge on any atom is -0.507 e. The second kappa shape index (κ2) is 6.41. The minimum absolute atomic E-state index is 0.0189. The van der Waals surface area contributed by atoms with Crippen molar-refractivity contribution in [2.45, 2.75) is 0 Å². The van der Waals surface area contributed by atoms with Crippen molar-refractivity contribution in [1.29, 1.82) is 0 Å². The number of hydrogen-bond donors (Lipinski definition) is 4. The van der Waals surface area contributed by atoms with Gasteiger partial charge in [0.05, 0.1) is 11.4 Å². The Morgan fingerprint density at radius 3 is 2.17 bits per heavy atom. The molecule has 0 saturated carbocycles. The van der Waals surface area contributed by atoms with Crippen molar-refractivity contribution < 1.29 is 15.5 Å². The van der Waals surface area contributed by atoms with E-state index in [9.17, 15) is 5.11 Å². The quantitative estimate of drug-likeness (QED) is 0.549. The summed E-state index contributed by atoms with van der Waals surface area (Å²) >= 11 is 0. The molecule has 0 atom stereocenters. The van der Waals surface area contributed by atoms with Crippen LogP contribution in [0.2, 0.25) is 0 Å². The largest absolute Gasteiger partial charge is 0.507 e. The molecule has 3 aromatic rings. The molecule has 4 N–H and O–H groups in total. The molecule has 0 amide bonds. The van der Waals surface area contributed by atoms with Crippen LogP contribution in [-0.2, 0) is 0 Å². The molecule has 0 aliphatic rings. The molecule has 1 heterocycles. The van der Waals surface area contributed by atoms with Crippen molar-refractivity contribution in [1.82, 2.24) is 15.3 Å². The molecule has 0 fully saturated rings. The average molecular weight is 310 g/mol. The lowest BCUT2D eigenvalue weighted by Crippen LogP contribution is -2.23. The maximum atomic E-state index is 10.0. The van der Waals surface area contributed by atoms with Gasteiger partial charge < -0.3 is 5.11 Å². The summed E-state index contributed by atoms with van der Waals surface area (Å²) in [5.74, 6) is 0.0515. The van der Waals surface area contributed by atoms with Gasteiger partial charge >= 0.3 is 0 Å². The molecule has 0 aliphatic carbocycles. The number of hydrazine groups is 1. The minimum atomic E-state index is -0.223. The predicted octanol–water partition coefficient (Wildman–Crippen LogP) is 2.92. The van der Waals surface area contributed by atoms with Crippen molar-refractivity contribution in [2.24, 2.45) is 0 Å². The van der Waals surface area contributed by atoms with Gasteiger partial charge in [-0.15, -0.1) is 0 Å². The fraction of sp³-hybridized carbons (Fsp3) is 0. The van der Waals surface area contributed by atoms with Crippen LogP contribution in [0, 0.1) is 0 Å². The summed E-state index contributed by atoms with van der Waals surface area (Å²) in [6.45, 7) is 0. The Kier molecular flexibility index (Phi) is 4.15. The van der Waals surface area contributed by atoms with Crippen LogP contribution in [0.1, 0.15) is 0 Å². The van der Waals surface area contributed by atoms with Gasteiger partial charge in [-0.05, 0) is 18.2 Å². The first-order valence-electron chi connectivity index (χ1n) is 6.81. The third-order valence-electron chi connectivity index (χ3n) is 3.18. The van der Waals surface area contributed by atoms with Crippen LogP contribution in [0.5, 0.6) is 5.75 Å². The summed E-state index contributed by atoms with van der Waals surface area (Å²) in [7, 11) is 0. The number of nitrogens with zero attached hydrogens (tertiary/aromatic N) is 3. The molecule has 0 unspecified atom stereocenters. The zero-order valence-corrected chi connectivity index (χ0v) is 12.0. The normalized spacial score (nSPS) is 10.7. The number of nitrogens with one attached hydrogen (secondary N) is 1. The van der Waals surface area contributed by atoms with Crippen LogP contribution in [0.3, 0.4) is 0 Å². The topological polar surface area (TPSA) is 102 Å². The van der Waals surface area contributed by atoms with Gasteiger partial charge in [0.15, 0.2) is 0 Å². The summed E-state index contributed by atoms with van der Waals surface area (Å²) in [4.78, 5) is 8.42. The van der Waals surface area contributed by atoms with Gasteiger partial charge in [0.1, 0.15) is 5.75 Å². The number of para-hydroxylation sites is 1. The number of benzene rings is 2. The molecule has 7 heteroatoms. The first-order valence-corrected chi connectivity index (χ1v) is 6.81. The summed E-state index contributed by atoms with van der Waals surface area (Å²) in [5, 5.41) is 27.6. The van der Waals surface area contributed by atoms with Gasteiger partial charge in [0.2, 0.25) is 5.95 Å². The highest BCUT2D eigenvalue weighted by Crippen LogP contribution is 2.30. The van der Waals surface area contributed by atoms with Crippen molar-refractivity contribution in [2.75, 3.05) is 5.43 Å². The molecular formula is C16H14N4O3. The van der Waals surface area contributed by atoms with Gasteiger partial charge in [0, 0.05) is 16.5 Å². The first kappa shape index (κ1) is 14.9. The average Bonchev–Trinajstić information content (AvgIpc) is 2.55. The molecule has 0 bridgehead atoms. The highest BCUT2D eigenvalue weighted by Gasteiger charge is 2.12. The lowest BCUT2D eigenvalue weighted by atomic mass is 10.1. The molecule has 0 spiro atoms. The van der Waals surface area contributed by atoms with Crippen molar-refractivity contribution in [3.05, 3.63) is 60.7 Å². The van der Waals surface area contributed by atoms with Crippen LogP contribution in [0.4, 0.5) is 5.95 Å². The summed E-state index contributed by atoms with van der Waals surface area (Å²) in [6.07, 6.45) is 0. The summed E-state index contributed by atoms with van der Waals surface area (Å²) in [5.41, 5.74) is 4.55. The predicted molar refractivity (Wildman–Crippen MR) is 83.6 cm³/mol. The monoisotopic (exact) mass is 310 g/mol. The summed E-state index contributed by atoms with van der Waals surface area (Å²) < 4.78 is 0. The Bertz CT molecular complexity index is 809. The Hall–Kier alpha value is -3.00. The third-order valence-corrected chi connectivity index (χ3v) is 3.18. The van der Waals surface area contributed by atoms with Gasteiger partial charge in [-0.3, -0.25) is 10.4 Å². The lowest BCUT2D eigenvalue weighted by molar-refractivity contribution is -0.288. The standard InChI is InChI=1S/C16H14N4O3/c21-15-9-5-4-8-12(15)14-10-13(11-6-2-1-3-7-11)17-16(18-14)19-20(22)23/h1-10,21-23H,(H,17,18,19). The van der Waals surface area contributed by atoms with E-state index in [0.717, 1.165) is 5.56 Å². The van der Waals surface area contributed by atoms with E-state index < -0.39 is 0 Å². The van der Waals surface area contributed by atoms with E-state index in [1.807, 2.05) is 30.3 Å². The van der Waals surface area contributed by atoms with Crippen LogP contribution in [0.15, 0.2) is 60.7 Å². The van der Waals surface area contributed by atoms with Crippen LogP contribution < -0.4 is 5.43 Å². The molecule has 0 aliphatic heterocycles. The van der Waals surface area contributed by atoms with E-state index in [1.165, 1.54) is 0 Å². The molecule has 2 aromatic carbocycles. The van der Waals surface area contributed by atoms with E-state index in [2.05, 4.69) is 15.4 Å². The smallest absolute Gasteiger partial charge is 0.242 e. The summed E-state index contributed by atoms with van der Waals surface area (Å²) in [6, 6.07) is 17.8. The number of aromatic nitrogens is 2. The lowest BCUT2D eigenvalue weighted by Gasteiger charge is -2.12. The number of rotatable bonds is 4. The molecule has 7 nitrogen and oxygen atoms in total. The zero-order chi connectivity index (χ0) is 16.2. The molecule has 23 heavy (non-hydrogen) atoms. The van der Waals surface area contributed by atoms with Crippen LogP contribution in [-0.4, -0.2) is 30.8 Å². The van der Waals surface area contributed by atoms with Crippen LogP contribution >= 0.6 is 0 Å². The highest BCUT2D eigenvalue weighted by atomic mass is 16.8. The SMILES string of the molecule is Oc1ccccc1-c1cc(-c2ccccc2)nc(NN(O)O)n1. The second-order valence-electron chi connectivity index (χ2n) is 4.75. The Balaban J connectivity index is 2.14. The number of phenols is 1.